The summed E-state index contributed by atoms with van der Waals surface area (Å²) in [7, 11) is 3.16. The quantitative estimate of drug-likeness (QED) is 0.492. The van der Waals surface area contributed by atoms with E-state index in [0.717, 1.165) is 29.4 Å². The highest BCUT2D eigenvalue weighted by molar-refractivity contribution is 5.94. The van der Waals surface area contributed by atoms with E-state index in [4.69, 9.17) is 13.9 Å². The molecule has 0 bridgehead atoms. The van der Waals surface area contributed by atoms with Gasteiger partial charge in [0.2, 0.25) is 11.9 Å². The number of carbonyl (C=O) groups is 1. The molecule has 8 nitrogen and oxygen atoms in total. The van der Waals surface area contributed by atoms with Crippen LogP contribution in [0.5, 0.6) is 11.5 Å². The number of H-pyrrole nitrogens is 1. The van der Waals surface area contributed by atoms with Gasteiger partial charge in [-0.3, -0.25) is 15.2 Å². The number of hydrogen-bond acceptors (Lipinski definition) is 6. The molecule has 0 unspecified atom stereocenters. The van der Waals surface area contributed by atoms with Crippen molar-refractivity contribution >= 4 is 22.8 Å². The lowest BCUT2D eigenvalue weighted by atomic mass is 10.0. The molecule has 0 saturated carbocycles. The maximum Gasteiger partial charge on any atom is 0.249 e. The van der Waals surface area contributed by atoms with Gasteiger partial charge in [0.1, 0.15) is 17.1 Å². The van der Waals surface area contributed by atoms with Crippen LogP contribution in [0.4, 0.5) is 5.95 Å². The second-order valence-corrected chi connectivity index (χ2v) is 7.53. The highest BCUT2D eigenvalue weighted by Gasteiger charge is 2.18. The van der Waals surface area contributed by atoms with E-state index in [2.05, 4.69) is 32.6 Å². The number of furan rings is 1. The lowest BCUT2D eigenvalue weighted by molar-refractivity contribution is -0.115. The average molecular weight is 418 g/mol. The number of hydrogen-bond donors (Lipinski definition) is 2. The number of benzene rings is 2. The number of amides is 1. The van der Waals surface area contributed by atoms with Crippen molar-refractivity contribution in [2.75, 3.05) is 19.5 Å². The molecule has 2 N–H and O–H groups in total. The Kier molecular flexibility index (Phi) is 4.82. The molecule has 2 aromatic carbocycles. The van der Waals surface area contributed by atoms with E-state index < -0.39 is 0 Å². The van der Waals surface area contributed by atoms with Crippen LogP contribution in [0.3, 0.4) is 0 Å². The summed E-state index contributed by atoms with van der Waals surface area (Å²) in [5, 5.41) is 10.7. The highest BCUT2D eigenvalue weighted by Crippen LogP contribution is 2.32. The zero-order valence-corrected chi connectivity index (χ0v) is 17.3. The molecule has 0 radical (unpaired) electrons. The molecule has 4 aromatic rings. The molecule has 2 heterocycles. The number of nitrogens with one attached hydrogen (secondary N) is 2. The summed E-state index contributed by atoms with van der Waals surface area (Å²) in [5.41, 5.74) is 5.10. The van der Waals surface area contributed by atoms with Gasteiger partial charge in [-0.05, 0) is 54.7 Å². The molecule has 8 heteroatoms. The molecule has 158 valence electrons. The molecule has 0 spiro atoms. The third-order valence-electron chi connectivity index (χ3n) is 5.62. The van der Waals surface area contributed by atoms with Crippen molar-refractivity contribution in [3.8, 4) is 22.9 Å². The third kappa shape index (κ3) is 3.61. The number of anilines is 1. The monoisotopic (exact) mass is 418 g/mol. The molecule has 1 aliphatic carbocycles. The van der Waals surface area contributed by atoms with Crippen molar-refractivity contribution in [1.29, 1.82) is 0 Å². The van der Waals surface area contributed by atoms with E-state index in [9.17, 15) is 4.79 Å². The van der Waals surface area contributed by atoms with Gasteiger partial charge in [-0.1, -0.05) is 0 Å². The molecule has 0 atom stereocenters. The van der Waals surface area contributed by atoms with E-state index >= 15 is 0 Å². The van der Waals surface area contributed by atoms with Crippen LogP contribution in [0.2, 0.25) is 0 Å². The van der Waals surface area contributed by atoms with E-state index in [1.165, 1.54) is 17.5 Å². The van der Waals surface area contributed by atoms with E-state index in [0.29, 0.717) is 22.9 Å². The number of nitrogens with zero attached hydrogens (tertiary/aromatic N) is 2. The third-order valence-corrected chi connectivity index (χ3v) is 5.62. The van der Waals surface area contributed by atoms with E-state index in [1.54, 1.807) is 32.6 Å². The first-order valence-corrected chi connectivity index (χ1v) is 10.1. The number of methoxy groups -OCH3 is 2. The van der Waals surface area contributed by atoms with Crippen LogP contribution in [-0.2, 0) is 24.1 Å². The Bertz CT molecular complexity index is 1270. The molecule has 0 aliphatic heterocycles. The standard InChI is InChI=1S/C23H22N4O4/c1-29-16-6-7-17(19(11-16)30-2)22-25-23(27-26-22)24-21(28)10-15-12-31-20-9-14-5-3-4-13(14)8-18(15)20/h6-9,11-12H,3-5,10H2,1-2H3,(H2,24,25,26,27,28). The van der Waals surface area contributed by atoms with Crippen LogP contribution >= 0.6 is 0 Å². The highest BCUT2D eigenvalue weighted by atomic mass is 16.5. The Morgan fingerprint density at radius 2 is 2.00 bits per heavy atom. The van der Waals surface area contributed by atoms with Crippen LogP contribution in [0, 0.1) is 0 Å². The summed E-state index contributed by atoms with van der Waals surface area (Å²) in [6.45, 7) is 0. The minimum atomic E-state index is -0.213. The summed E-state index contributed by atoms with van der Waals surface area (Å²) in [6.07, 6.45) is 5.18. The van der Waals surface area contributed by atoms with Crippen LogP contribution in [-0.4, -0.2) is 35.3 Å². The molecular weight excluding hydrogens is 396 g/mol. The summed E-state index contributed by atoms with van der Waals surface area (Å²) in [4.78, 5) is 17.0. The van der Waals surface area contributed by atoms with Gasteiger partial charge >= 0.3 is 0 Å². The minimum Gasteiger partial charge on any atom is -0.497 e. The summed E-state index contributed by atoms with van der Waals surface area (Å²) in [5.74, 6) is 1.73. The molecule has 2 aromatic heterocycles. The Hall–Kier alpha value is -3.81. The first-order chi connectivity index (χ1) is 15.1. The number of rotatable bonds is 6. The summed E-state index contributed by atoms with van der Waals surface area (Å²) < 4.78 is 16.3. The molecule has 1 amide bonds. The molecule has 0 saturated heterocycles. The van der Waals surface area contributed by atoms with Gasteiger partial charge in [-0.25, -0.2) is 0 Å². The lowest BCUT2D eigenvalue weighted by Gasteiger charge is -2.07. The zero-order valence-electron chi connectivity index (χ0n) is 17.3. The maximum absolute atomic E-state index is 12.6. The Labute approximate surface area is 178 Å². The largest absolute Gasteiger partial charge is 0.497 e. The fourth-order valence-electron chi connectivity index (χ4n) is 4.06. The molecular formula is C23H22N4O4. The zero-order chi connectivity index (χ0) is 21.4. The second kappa shape index (κ2) is 7.79. The van der Waals surface area contributed by atoms with Gasteiger partial charge in [0.15, 0.2) is 5.82 Å². The predicted octanol–water partition coefficient (Wildman–Crippen LogP) is 3.91. The minimum absolute atomic E-state index is 0.182. The fourth-order valence-corrected chi connectivity index (χ4v) is 4.06. The maximum atomic E-state index is 12.6. The van der Waals surface area contributed by atoms with Crippen molar-refractivity contribution < 1.29 is 18.7 Å². The average Bonchev–Trinajstić information content (AvgIpc) is 3.52. The number of ether oxygens (including phenoxy) is 2. The molecule has 31 heavy (non-hydrogen) atoms. The normalized spacial score (nSPS) is 12.7. The SMILES string of the molecule is COc1ccc(-c2nc(NC(=O)Cc3coc4cc5c(cc34)CCC5)n[nH]2)c(OC)c1. The van der Waals surface area contributed by atoms with Crippen LogP contribution in [0.1, 0.15) is 23.1 Å². The van der Waals surface area contributed by atoms with Gasteiger partial charge in [0, 0.05) is 17.0 Å². The Balaban J connectivity index is 1.32. The van der Waals surface area contributed by atoms with E-state index in [-0.39, 0.29) is 18.3 Å². The van der Waals surface area contributed by atoms with Gasteiger partial charge in [-0.2, -0.15) is 4.98 Å². The number of aromatic amines is 1. The smallest absolute Gasteiger partial charge is 0.249 e. The number of aryl methyl sites for hydroxylation is 2. The fraction of sp³-hybridized carbons (Fsp3) is 0.261. The molecule has 1 aliphatic rings. The summed E-state index contributed by atoms with van der Waals surface area (Å²) in [6, 6.07) is 9.64. The van der Waals surface area contributed by atoms with Gasteiger partial charge in [-0.15, -0.1) is 5.10 Å². The van der Waals surface area contributed by atoms with Gasteiger partial charge < -0.3 is 13.9 Å². The molecule has 0 fully saturated rings. The van der Waals surface area contributed by atoms with Crippen LogP contribution in [0.25, 0.3) is 22.4 Å². The number of carbonyl (C=O) groups excluding carboxylic acids is 1. The van der Waals surface area contributed by atoms with Crippen LogP contribution < -0.4 is 14.8 Å². The Morgan fingerprint density at radius 3 is 2.81 bits per heavy atom. The van der Waals surface area contributed by atoms with Crippen molar-refractivity contribution in [2.24, 2.45) is 0 Å². The Morgan fingerprint density at radius 1 is 1.16 bits per heavy atom. The summed E-state index contributed by atoms with van der Waals surface area (Å²) >= 11 is 0. The van der Waals surface area contributed by atoms with Crippen molar-refractivity contribution in [2.45, 2.75) is 25.7 Å². The van der Waals surface area contributed by atoms with E-state index in [1.807, 2.05) is 6.07 Å². The first kappa shape index (κ1) is 19.2. The van der Waals surface area contributed by atoms with Gasteiger partial charge in [0.25, 0.3) is 0 Å². The number of fused-ring (bicyclic) bond motifs is 2. The van der Waals surface area contributed by atoms with Crippen LogP contribution in [0.15, 0.2) is 41.0 Å². The van der Waals surface area contributed by atoms with Crippen molar-refractivity contribution in [3.63, 3.8) is 0 Å². The first-order valence-electron chi connectivity index (χ1n) is 10.1. The topological polar surface area (TPSA) is 102 Å². The van der Waals surface area contributed by atoms with Crippen molar-refractivity contribution in [3.05, 3.63) is 53.3 Å². The number of aromatic nitrogens is 3. The van der Waals surface area contributed by atoms with Gasteiger partial charge in [0.05, 0.1) is 32.5 Å². The predicted molar refractivity (Wildman–Crippen MR) is 115 cm³/mol. The van der Waals surface area contributed by atoms with Crippen molar-refractivity contribution in [1.82, 2.24) is 15.2 Å². The second-order valence-electron chi connectivity index (χ2n) is 7.53. The molecule has 5 rings (SSSR count). The lowest BCUT2D eigenvalue weighted by Crippen LogP contribution is -2.15.